The van der Waals surface area contributed by atoms with Gasteiger partial charge in [0.05, 0.1) is 11.6 Å². The van der Waals surface area contributed by atoms with Gasteiger partial charge in [0.2, 0.25) is 5.88 Å². The molecule has 4 rings (SSSR count). The molecule has 0 spiro atoms. The van der Waals surface area contributed by atoms with E-state index in [1.807, 2.05) is 72.8 Å². The molecule has 0 N–H and O–H groups in total. The van der Waals surface area contributed by atoms with Crippen LogP contribution >= 0.6 is 0 Å². The van der Waals surface area contributed by atoms with E-state index in [1.54, 1.807) is 6.07 Å². The van der Waals surface area contributed by atoms with Crippen molar-refractivity contribution in [3.63, 3.8) is 0 Å². The van der Waals surface area contributed by atoms with Crippen LogP contribution in [0.1, 0.15) is 11.1 Å². The molecule has 3 aromatic carbocycles. The minimum atomic E-state index is 0.271. The molecule has 4 aromatic rings. The zero-order chi connectivity index (χ0) is 17.8. The number of ether oxygens (including phenoxy) is 1. The number of fused-ring (bicyclic) bond motifs is 1. The standard InChI is InChI=1S/C22H15N3O/c23-14-17-10-4-5-11-18(17)15-26-22-20-13-7-6-12-19(20)21(24-25-22)16-8-2-1-3-9-16/h1-13H,15H2. The Balaban J connectivity index is 1.72. The molecule has 0 radical (unpaired) electrons. The average molecular weight is 337 g/mol. The fraction of sp³-hybridized carbons (Fsp3) is 0.0455. The maximum absolute atomic E-state index is 9.22. The van der Waals surface area contributed by atoms with Crippen LogP contribution in [0.3, 0.4) is 0 Å². The summed E-state index contributed by atoms with van der Waals surface area (Å²) in [6.07, 6.45) is 0. The lowest BCUT2D eigenvalue weighted by Gasteiger charge is -2.11. The van der Waals surface area contributed by atoms with Gasteiger partial charge in [0, 0.05) is 21.9 Å². The number of rotatable bonds is 4. The van der Waals surface area contributed by atoms with Gasteiger partial charge in [-0.1, -0.05) is 66.7 Å². The highest BCUT2D eigenvalue weighted by Gasteiger charge is 2.12. The van der Waals surface area contributed by atoms with Crippen LogP contribution < -0.4 is 4.74 Å². The maximum Gasteiger partial charge on any atom is 0.241 e. The van der Waals surface area contributed by atoms with Crippen molar-refractivity contribution in [1.29, 1.82) is 5.26 Å². The molecular weight excluding hydrogens is 322 g/mol. The lowest BCUT2D eigenvalue weighted by atomic mass is 10.1. The van der Waals surface area contributed by atoms with Gasteiger partial charge in [0.1, 0.15) is 12.3 Å². The minimum Gasteiger partial charge on any atom is -0.471 e. The molecule has 0 unspecified atom stereocenters. The van der Waals surface area contributed by atoms with E-state index in [0.29, 0.717) is 11.4 Å². The van der Waals surface area contributed by atoms with Crippen molar-refractivity contribution >= 4 is 10.8 Å². The van der Waals surface area contributed by atoms with Crippen LogP contribution in [0.25, 0.3) is 22.0 Å². The van der Waals surface area contributed by atoms with E-state index in [9.17, 15) is 5.26 Å². The fourth-order valence-electron chi connectivity index (χ4n) is 2.90. The van der Waals surface area contributed by atoms with E-state index in [-0.39, 0.29) is 6.61 Å². The second-order valence-electron chi connectivity index (χ2n) is 5.82. The Labute approximate surface area is 151 Å². The van der Waals surface area contributed by atoms with Gasteiger partial charge in [-0.2, -0.15) is 5.26 Å². The molecule has 4 nitrogen and oxygen atoms in total. The van der Waals surface area contributed by atoms with Crippen LogP contribution in [0, 0.1) is 11.3 Å². The summed E-state index contributed by atoms with van der Waals surface area (Å²) >= 11 is 0. The Morgan fingerprint density at radius 1 is 0.769 bits per heavy atom. The van der Waals surface area contributed by atoms with E-state index < -0.39 is 0 Å². The molecule has 0 atom stereocenters. The van der Waals surface area contributed by atoms with Crippen molar-refractivity contribution in [2.24, 2.45) is 0 Å². The Hall–Kier alpha value is -3.71. The van der Waals surface area contributed by atoms with E-state index in [4.69, 9.17) is 4.74 Å². The van der Waals surface area contributed by atoms with Crippen molar-refractivity contribution in [1.82, 2.24) is 10.2 Å². The third-order valence-electron chi connectivity index (χ3n) is 4.20. The van der Waals surface area contributed by atoms with E-state index in [2.05, 4.69) is 16.3 Å². The number of hydrogen-bond acceptors (Lipinski definition) is 4. The summed E-state index contributed by atoms with van der Waals surface area (Å²) in [6.45, 7) is 0.271. The molecule has 0 bridgehead atoms. The molecule has 124 valence electrons. The number of aromatic nitrogens is 2. The first-order valence-corrected chi connectivity index (χ1v) is 8.28. The monoisotopic (exact) mass is 337 g/mol. The molecule has 0 aliphatic heterocycles. The van der Waals surface area contributed by atoms with E-state index >= 15 is 0 Å². The van der Waals surface area contributed by atoms with Gasteiger partial charge in [0.15, 0.2) is 0 Å². The van der Waals surface area contributed by atoms with Gasteiger partial charge < -0.3 is 4.74 Å². The van der Waals surface area contributed by atoms with Gasteiger partial charge in [-0.15, -0.1) is 10.2 Å². The molecule has 4 heteroatoms. The van der Waals surface area contributed by atoms with Crippen molar-refractivity contribution in [3.8, 4) is 23.2 Å². The van der Waals surface area contributed by atoms with Gasteiger partial charge >= 0.3 is 0 Å². The molecule has 0 aliphatic carbocycles. The van der Waals surface area contributed by atoms with Crippen LogP contribution in [-0.2, 0) is 6.61 Å². The molecule has 1 aromatic heterocycles. The SMILES string of the molecule is N#Cc1ccccc1COc1nnc(-c2ccccc2)c2ccccc12. The van der Waals surface area contributed by atoms with Crippen LogP contribution in [0.5, 0.6) is 5.88 Å². The van der Waals surface area contributed by atoms with Crippen molar-refractivity contribution < 1.29 is 4.74 Å². The highest BCUT2D eigenvalue weighted by Crippen LogP contribution is 2.31. The van der Waals surface area contributed by atoms with E-state index in [0.717, 1.165) is 27.6 Å². The quantitative estimate of drug-likeness (QED) is 0.539. The summed E-state index contributed by atoms with van der Waals surface area (Å²) in [5.41, 5.74) is 3.27. The Morgan fingerprint density at radius 2 is 1.46 bits per heavy atom. The third kappa shape index (κ3) is 2.99. The highest BCUT2D eigenvalue weighted by molar-refractivity contribution is 5.96. The number of benzene rings is 3. The smallest absolute Gasteiger partial charge is 0.241 e. The van der Waals surface area contributed by atoms with Crippen LogP contribution in [0.15, 0.2) is 78.9 Å². The summed E-state index contributed by atoms with van der Waals surface area (Å²) in [7, 11) is 0. The first-order chi connectivity index (χ1) is 12.9. The molecular formula is C22H15N3O. The van der Waals surface area contributed by atoms with Gasteiger partial charge in [-0.3, -0.25) is 0 Å². The largest absolute Gasteiger partial charge is 0.471 e. The lowest BCUT2D eigenvalue weighted by Crippen LogP contribution is -2.02. The van der Waals surface area contributed by atoms with Crippen molar-refractivity contribution in [3.05, 3.63) is 90.0 Å². The molecule has 0 saturated carbocycles. The molecule has 0 saturated heterocycles. The third-order valence-corrected chi connectivity index (χ3v) is 4.20. The second kappa shape index (κ2) is 7.04. The summed E-state index contributed by atoms with van der Waals surface area (Å²) in [5.74, 6) is 0.466. The maximum atomic E-state index is 9.22. The predicted molar refractivity (Wildman–Crippen MR) is 100 cm³/mol. The van der Waals surface area contributed by atoms with Crippen LogP contribution in [0.2, 0.25) is 0 Å². The second-order valence-corrected chi connectivity index (χ2v) is 5.82. The van der Waals surface area contributed by atoms with Gasteiger partial charge in [-0.05, 0) is 12.1 Å². The fourth-order valence-corrected chi connectivity index (χ4v) is 2.90. The van der Waals surface area contributed by atoms with E-state index in [1.165, 1.54) is 0 Å². The normalized spacial score (nSPS) is 10.4. The average Bonchev–Trinajstić information content (AvgIpc) is 2.73. The molecule has 1 heterocycles. The number of nitrogens with zero attached hydrogens (tertiary/aromatic N) is 3. The van der Waals surface area contributed by atoms with Crippen LogP contribution in [-0.4, -0.2) is 10.2 Å². The first-order valence-electron chi connectivity index (χ1n) is 8.28. The minimum absolute atomic E-state index is 0.271. The van der Waals surface area contributed by atoms with Crippen molar-refractivity contribution in [2.75, 3.05) is 0 Å². The van der Waals surface area contributed by atoms with Crippen molar-refractivity contribution in [2.45, 2.75) is 6.61 Å². The van der Waals surface area contributed by atoms with Crippen LogP contribution in [0.4, 0.5) is 0 Å². The molecule has 0 amide bonds. The Bertz CT molecular complexity index is 1100. The Kier molecular flexibility index (Phi) is 4.28. The van der Waals surface area contributed by atoms with Gasteiger partial charge in [0.25, 0.3) is 0 Å². The molecule has 0 fully saturated rings. The zero-order valence-electron chi connectivity index (χ0n) is 14.0. The molecule has 26 heavy (non-hydrogen) atoms. The number of nitriles is 1. The van der Waals surface area contributed by atoms with Gasteiger partial charge in [-0.25, -0.2) is 0 Å². The first kappa shape index (κ1) is 15.8. The lowest BCUT2D eigenvalue weighted by molar-refractivity contribution is 0.294. The zero-order valence-corrected chi connectivity index (χ0v) is 14.0. The highest BCUT2D eigenvalue weighted by atomic mass is 16.5. The summed E-state index contributed by atoms with van der Waals surface area (Å²) in [4.78, 5) is 0. The molecule has 0 aliphatic rings. The predicted octanol–water partition coefficient (Wildman–Crippen LogP) is 4.75. The summed E-state index contributed by atoms with van der Waals surface area (Å²) < 4.78 is 5.91. The summed E-state index contributed by atoms with van der Waals surface area (Å²) in [5, 5.41) is 19.8. The number of hydrogen-bond donors (Lipinski definition) is 0. The summed E-state index contributed by atoms with van der Waals surface area (Å²) in [6, 6.07) is 27.5. The Morgan fingerprint density at radius 3 is 2.27 bits per heavy atom. The topological polar surface area (TPSA) is 58.8 Å².